The van der Waals surface area contributed by atoms with Crippen LogP contribution in [0.3, 0.4) is 0 Å². The van der Waals surface area contributed by atoms with Gasteiger partial charge in [-0.2, -0.15) is 0 Å². The lowest BCUT2D eigenvalue weighted by atomic mass is 10.4. The van der Waals surface area contributed by atoms with Crippen LogP contribution in [0.1, 0.15) is 12.7 Å². The van der Waals surface area contributed by atoms with Gasteiger partial charge in [-0.3, -0.25) is 4.79 Å². The van der Waals surface area contributed by atoms with Crippen molar-refractivity contribution in [2.75, 3.05) is 7.05 Å². The van der Waals surface area contributed by atoms with Crippen LogP contribution in [0.5, 0.6) is 0 Å². The first-order valence-corrected chi connectivity index (χ1v) is 3.94. The second-order valence-electron chi connectivity index (χ2n) is 2.62. The van der Waals surface area contributed by atoms with E-state index in [1.54, 1.807) is 26.3 Å². The van der Waals surface area contributed by atoms with E-state index in [0.29, 0.717) is 6.54 Å². The van der Waals surface area contributed by atoms with Gasteiger partial charge in [0.2, 0.25) is 0 Å². The molecule has 1 aromatic rings. The van der Waals surface area contributed by atoms with Crippen molar-refractivity contribution >= 4 is 5.91 Å². The third kappa shape index (κ3) is 2.68. The minimum atomic E-state index is -0.195. The number of rotatable bonds is 2. The highest BCUT2D eigenvalue weighted by Gasteiger charge is 2.06. The summed E-state index contributed by atoms with van der Waals surface area (Å²) < 4.78 is 5.09. The van der Waals surface area contributed by atoms with Gasteiger partial charge < -0.3 is 9.32 Å². The van der Waals surface area contributed by atoms with Crippen LogP contribution in [0.4, 0.5) is 0 Å². The first-order valence-electron chi connectivity index (χ1n) is 3.94. The van der Waals surface area contributed by atoms with Crippen LogP contribution in [-0.2, 0) is 11.3 Å². The molecule has 0 aliphatic heterocycles. The molecule has 0 spiro atoms. The van der Waals surface area contributed by atoms with Crippen LogP contribution in [0, 0.1) is 11.8 Å². The molecule has 1 heterocycles. The zero-order chi connectivity index (χ0) is 9.68. The smallest absolute Gasteiger partial charge is 0.298 e. The van der Waals surface area contributed by atoms with E-state index in [1.807, 2.05) is 6.07 Å². The summed E-state index contributed by atoms with van der Waals surface area (Å²) in [5, 5.41) is 0. The Balaban J connectivity index is 2.54. The van der Waals surface area contributed by atoms with Crippen molar-refractivity contribution < 1.29 is 9.21 Å². The minimum Gasteiger partial charge on any atom is -0.467 e. The molecule has 0 fully saturated rings. The molecule has 0 aliphatic carbocycles. The molecule has 0 N–H and O–H groups in total. The number of carbonyl (C=O) groups is 1. The summed E-state index contributed by atoms with van der Waals surface area (Å²) in [6.45, 7) is 2.10. The summed E-state index contributed by atoms with van der Waals surface area (Å²) >= 11 is 0. The lowest BCUT2D eigenvalue weighted by molar-refractivity contribution is -0.124. The summed E-state index contributed by atoms with van der Waals surface area (Å²) in [7, 11) is 1.69. The predicted molar refractivity (Wildman–Crippen MR) is 48.6 cm³/mol. The number of furan rings is 1. The second kappa shape index (κ2) is 4.36. The largest absolute Gasteiger partial charge is 0.467 e. The quantitative estimate of drug-likeness (QED) is 0.637. The van der Waals surface area contributed by atoms with Crippen molar-refractivity contribution in [1.82, 2.24) is 4.90 Å². The van der Waals surface area contributed by atoms with Gasteiger partial charge in [0.1, 0.15) is 5.76 Å². The first-order chi connectivity index (χ1) is 6.24. The summed E-state index contributed by atoms with van der Waals surface area (Å²) in [6.07, 6.45) is 1.58. The van der Waals surface area contributed by atoms with Crippen LogP contribution >= 0.6 is 0 Å². The van der Waals surface area contributed by atoms with Crippen molar-refractivity contribution in [3.05, 3.63) is 24.2 Å². The lowest BCUT2D eigenvalue weighted by Gasteiger charge is -2.10. The van der Waals surface area contributed by atoms with Crippen LogP contribution in [0.15, 0.2) is 22.8 Å². The number of hydrogen-bond acceptors (Lipinski definition) is 2. The van der Waals surface area contributed by atoms with Gasteiger partial charge in [-0.15, -0.1) is 0 Å². The van der Waals surface area contributed by atoms with E-state index in [4.69, 9.17) is 4.42 Å². The van der Waals surface area contributed by atoms with E-state index >= 15 is 0 Å². The molecule has 0 saturated heterocycles. The van der Waals surface area contributed by atoms with Gasteiger partial charge in [0.15, 0.2) is 0 Å². The normalized spacial score (nSPS) is 8.77. The van der Waals surface area contributed by atoms with Crippen LogP contribution in [0.25, 0.3) is 0 Å². The summed E-state index contributed by atoms with van der Waals surface area (Å²) in [4.78, 5) is 12.7. The monoisotopic (exact) mass is 177 g/mol. The number of nitrogens with zero attached hydrogens (tertiary/aromatic N) is 1. The Hall–Kier alpha value is -1.69. The van der Waals surface area contributed by atoms with Crippen molar-refractivity contribution in [3.8, 4) is 11.8 Å². The summed E-state index contributed by atoms with van der Waals surface area (Å²) in [6, 6.07) is 3.61. The first kappa shape index (κ1) is 9.40. The molecule has 0 aromatic carbocycles. The van der Waals surface area contributed by atoms with E-state index in [-0.39, 0.29) is 5.91 Å². The molecular weight excluding hydrogens is 166 g/mol. The fraction of sp³-hybridized carbons (Fsp3) is 0.300. The minimum absolute atomic E-state index is 0.195. The van der Waals surface area contributed by atoms with Gasteiger partial charge in [-0.05, 0) is 25.0 Å². The van der Waals surface area contributed by atoms with Gasteiger partial charge in [0, 0.05) is 7.05 Å². The standard InChI is InChI=1S/C10H11NO2/c1-3-5-10(12)11(2)8-9-6-4-7-13-9/h4,6-7H,8H2,1-2H3. The Bertz CT molecular complexity index is 330. The molecule has 0 unspecified atom stereocenters. The zero-order valence-corrected chi connectivity index (χ0v) is 7.70. The maximum atomic E-state index is 11.2. The van der Waals surface area contributed by atoms with Gasteiger partial charge in [-0.1, -0.05) is 5.92 Å². The Morgan fingerprint density at radius 2 is 2.46 bits per heavy atom. The zero-order valence-electron chi connectivity index (χ0n) is 7.70. The molecule has 1 aromatic heterocycles. The van der Waals surface area contributed by atoms with Crippen LogP contribution in [-0.4, -0.2) is 17.9 Å². The summed E-state index contributed by atoms with van der Waals surface area (Å²) in [5.74, 6) is 5.57. The van der Waals surface area contributed by atoms with Gasteiger partial charge in [0.05, 0.1) is 12.8 Å². The van der Waals surface area contributed by atoms with E-state index in [2.05, 4.69) is 11.8 Å². The predicted octanol–water partition coefficient (Wildman–Crippen LogP) is 1.26. The van der Waals surface area contributed by atoms with E-state index in [1.165, 1.54) is 4.90 Å². The number of hydrogen-bond donors (Lipinski definition) is 0. The molecule has 68 valence electrons. The Kier molecular flexibility index (Phi) is 3.15. The molecule has 1 amide bonds. The number of amides is 1. The average Bonchev–Trinajstić information content (AvgIpc) is 2.57. The lowest BCUT2D eigenvalue weighted by Crippen LogP contribution is -2.24. The Morgan fingerprint density at radius 3 is 3.00 bits per heavy atom. The molecule has 3 nitrogen and oxygen atoms in total. The van der Waals surface area contributed by atoms with Crippen molar-refractivity contribution in [3.63, 3.8) is 0 Å². The van der Waals surface area contributed by atoms with Crippen molar-refractivity contribution in [1.29, 1.82) is 0 Å². The molecular formula is C10H11NO2. The van der Waals surface area contributed by atoms with E-state index in [9.17, 15) is 4.79 Å². The molecule has 3 heteroatoms. The molecule has 13 heavy (non-hydrogen) atoms. The molecule has 0 bridgehead atoms. The molecule has 1 rings (SSSR count). The van der Waals surface area contributed by atoms with Gasteiger partial charge in [-0.25, -0.2) is 0 Å². The molecule has 0 saturated carbocycles. The number of carbonyl (C=O) groups excluding carboxylic acids is 1. The van der Waals surface area contributed by atoms with Crippen LogP contribution < -0.4 is 0 Å². The highest BCUT2D eigenvalue weighted by Crippen LogP contribution is 2.03. The molecule has 0 atom stereocenters. The van der Waals surface area contributed by atoms with Crippen molar-refractivity contribution in [2.24, 2.45) is 0 Å². The fourth-order valence-corrected chi connectivity index (χ4v) is 0.910. The maximum absolute atomic E-state index is 11.2. The second-order valence-corrected chi connectivity index (χ2v) is 2.62. The Labute approximate surface area is 77.3 Å². The maximum Gasteiger partial charge on any atom is 0.298 e. The Morgan fingerprint density at radius 1 is 1.69 bits per heavy atom. The van der Waals surface area contributed by atoms with Gasteiger partial charge >= 0.3 is 0 Å². The van der Waals surface area contributed by atoms with Crippen LogP contribution in [0.2, 0.25) is 0 Å². The summed E-state index contributed by atoms with van der Waals surface area (Å²) in [5.41, 5.74) is 0. The average molecular weight is 177 g/mol. The topological polar surface area (TPSA) is 33.5 Å². The highest BCUT2D eigenvalue weighted by molar-refractivity contribution is 5.93. The molecule has 0 aliphatic rings. The van der Waals surface area contributed by atoms with E-state index < -0.39 is 0 Å². The third-order valence-electron chi connectivity index (χ3n) is 1.55. The molecule has 0 radical (unpaired) electrons. The third-order valence-corrected chi connectivity index (χ3v) is 1.55. The highest BCUT2D eigenvalue weighted by atomic mass is 16.3. The fourth-order valence-electron chi connectivity index (χ4n) is 0.910. The SMILES string of the molecule is CC#CC(=O)N(C)Cc1ccco1. The van der Waals surface area contributed by atoms with Crippen molar-refractivity contribution in [2.45, 2.75) is 13.5 Å². The van der Waals surface area contributed by atoms with E-state index in [0.717, 1.165) is 5.76 Å². The van der Waals surface area contributed by atoms with Gasteiger partial charge in [0.25, 0.3) is 5.91 Å².